The number of hydrogen-bond donors (Lipinski definition) is 2. The number of rotatable bonds is 8. The number of carbonyl (C=O) groups excluding carboxylic acids is 2. The maximum atomic E-state index is 13.4. The molecule has 1 aliphatic rings. The Kier molecular flexibility index (Phi) is 7.09. The van der Waals surface area contributed by atoms with Gasteiger partial charge in [0.15, 0.2) is 0 Å². The van der Waals surface area contributed by atoms with E-state index in [9.17, 15) is 9.59 Å². The lowest BCUT2D eigenvalue weighted by Crippen LogP contribution is -2.34. The number of halogens is 1. The molecule has 0 aliphatic carbocycles. The number of allylic oxidation sites excluding steroid dienone is 1. The fourth-order valence-corrected chi connectivity index (χ4v) is 4.17. The second-order valence-corrected chi connectivity index (χ2v) is 8.21. The minimum absolute atomic E-state index is 0.266. The smallest absolute Gasteiger partial charge is 0.296 e. The van der Waals surface area contributed by atoms with Crippen molar-refractivity contribution in [1.82, 2.24) is 20.2 Å². The zero-order chi connectivity index (χ0) is 25.1. The largest absolute Gasteiger partial charge is 0.495 e. The molecule has 1 atom stereocenters. The first-order valence-electron chi connectivity index (χ1n) is 10.7. The van der Waals surface area contributed by atoms with E-state index in [2.05, 4.69) is 15.6 Å². The Labute approximate surface area is 207 Å². The summed E-state index contributed by atoms with van der Waals surface area (Å²) in [5.74, 6) is -0.406. The molecule has 10 heteroatoms. The van der Waals surface area contributed by atoms with Crippen LogP contribution in [0.3, 0.4) is 0 Å². The minimum atomic E-state index is -0.767. The lowest BCUT2D eigenvalue weighted by atomic mass is 10.1. The van der Waals surface area contributed by atoms with E-state index in [1.165, 1.54) is 14.2 Å². The first-order chi connectivity index (χ1) is 16.9. The van der Waals surface area contributed by atoms with E-state index < -0.39 is 17.9 Å². The number of fused-ring (bicyclic) bond motifs is 1. The number of hydrogen-bond acceptors (Lipinski definition) is 7. The molecule has 0 spiro atoms. The predicted octanol–water partition coefficient (Wildman–Crippen LogP) is 3.34. The summed E-state index contributed by atoms with van der Waals surface area (Å²) in [7, 11) is 4.60. The topological polar surface area (TPSA) is 104 Å². The van der Waals surface area contributed by atoms with Gasteiger partial charge < -0.3 is 29.4 Å². The summed E-state index contributed by atoms with van der Waals surface area (Å²) in [6.45, 7) is 2.15. The van der Waals surface area contributed by atoms with Gasteiger partial charge in [-0.25, -0.2) is 0 Å². The minimum Gasteiger partial charge on any atom is -0.495 e. The molecule has 2 aromatic heterocycles. The standard InChI is InChI=1S/C25H25ClN4O5/c1-14-23(24(31)25(32)29-15-7-8-27-22(9-15)35-4)18-10-21(34-3)19(26)11-20(18)30(14)13-16-5-6-17(33-2)12-28-16/h5-12,22,27H,13H2,1-4H3,(H,29,32). The summed E-state index contributed by atoms with van der Waals surface area (Å²) in [4.78, 5) is 30.8. The Bertz CT molecular complexity index is 1340. The molecular formula is C25H25ClN4O5. The highest BCUT2D eigenvalue weighted by molar-refractivity contribution is 6.46. The molecule has 4 rings (SSSR count). The van der Waals surface area contributed by atoms with Crippen LogP contribution in [0.15, 0.2) is 54.5 Å². The van der Waals surface area contributed by atoms with Gasteiger partial charge in [0.2, 0.25) is 0 Å². The summed E-state index contributed by atoms with van der Waals surface area (Å²) in [5.41, 5.74) is 2.76. The molecule has 0 fully saturated rings. The van der Waals surface area contributed by atoms with E-state index in [1.54, 1.807) is 50.7 Å². The van der Waals surface area contributed by atoms with Gasteiger partial charge in [-0.05, 0) is 43.3 Å². The third-order valence-electron chi connectivity index (χ3n) is 5.75. The van der Waals surface area contributed by atoms with Crippen LogP contribution in [0.2, 0.25) is 5.02 Å². The average Bonchev–Trinajstić information content (AvgIpc) is 3.13. The molecule has 0 saturated carbocycles. The molecular weight excluding hydrogens is 472 g/mol. The molecule has 182 valence electrons. The highest BCUT2D eigenvalue weighted by atomic mass is 35.5. The monoisotopic (exact) mass is 496 g/mol. The molecule has 35 heavy (non-hydrogen) atoms. The van der Waals surface area contributed by atoms with E-state index in [0.717, 1.165) is 5.69 Å². The lowest BCUT2D eigenvalue weighted by molar-refractivity contribution is -0.116. The van der Waals surface area contributed by atoms with Crippen molar-refractivity contribution in [1.29, 1.82) is 0 Å². The van der Waals surface area contributed by atoms with Crippen molar-refractivity contribution in [2.45, 2.75) is 19.7 Å². The van der Waals surface area contributed by atoms with Gasteiger partial charge >= 0.3 is 0 Å². The number of carbonyl (C=O) groups is 2. The van der Waals surface area contributed by atoms with Gasteiger partial charge in [0.1, 0.15) is 17.7 Å². The molecule has 3 heterocycles. The third kappa shape index (κ3) is 4.87. The number of dihydropyridines is 1. The Morgan fingerprint density at radius 3 is 2.66 bits per heavy atom. The summed E-state index contributed by atoms with van der Waals surface area (Å²) in [5, 5.41) is 6.56. The van der Waals surface area contributed by atoms with Crippen LogP contribution in [0.1, 0.15) is 21.7 Å². The van der Waals surface area contributed by atoms with Gasteiger partial charge in [0.25, 0.3) is 11.7 Å². The fourth-order valence-electron chi connectivity index (χ4n) is 3.93. The van der Waals surface area contributed by atoms with Gasteiger partial charge in [-0.1, -0.05) is 11.6 Å². The predicted molar refractivity (Wildman–Crippen MR) is 132 cm³/mol. The zero-order valence-corrected chi connectivity index (χ0v) is 20.5. The van der Waals surface area contributed by atoms with Gasteiger partial charge in [0, 0.05) is 30.1 Å². The van der Waals surface area contributed by atoms with E-state index >= 15 is 0 Å². The summed E-state index contributed by atoms with van der Waals surface area (Å²) in [6.07, 6.45) is 6.17. The van der Waals surface area contributed by atoms with Crippen LogP contribution in [0.5, 0.6) is 11.5 Å². The first kappa shape index (κ1) is 24.3. The normalized spacial score (nSPS) is 14.9. The Hall–Kier alpha value is -3.82. The van der Waals surface area contributed by atoms with Crippen molar-refractivity contribution >= 4 is 34.2 Å². The molecule has 2 N–H and O–H groups in total. The third-order valence-corrected chi connectivity index (χ3v) is 6.05. The van der Waals surface area contributed by atoms with Crippen molar-refractivity contribution in [2.24, 2.45) is 0 Å². The van der Waals surface area contributed by atoms with Crippen LogP contribution in [0.4, 0.5) is 0 Å². The molecule has 0 saturated heterocycles. The summed E-state index contributed by atoms with van der Waals surface area (Å²) < 4.78 is 17.7. The van der Waals surface area contributed by atoms with Gasteiger partial charge in [-0.3, -0.25) is 14.6 Å². The SMILES string of the molecule is COc1ccc(Cn2c(C)c(C(=O)C(=O)NC3=CC(OC)NC=C3)c3cc(OC)c(Cl)cc32)nc1. The number of ketones is 1. The van der Waals surface area contributed by atoms with Crippen LogP contribution in [-0.4, -0.2) is 48.8 Å². The average molecular weight is 497 g/mol. The number of nitrogens with one attached hydrogen (secondary N) is 2. The summed E-state index contributed by atoms with van der Waals surface area (Å²) in [6, 6.07) is 7.05. The number of pyridine rings is 1. The zero-order valence-electron chi connectivity index (χ0n) is 19.7. The van der Waals surface area contributed by atoms with Crippen molar-refractivity contribution in [3.05, 3.63) is 76.5 Å². The van der Waals surface area contributed by atoms with Crippen molar-refractivity contribution in [3.8, 4) is 11.5 Å². The Balaban J connectivity index is 1.75. The first-order valence-corrected chi connectivity index (χ1v) is 11.1. The lowest BCUT2D eigenvalue weighted by Gasteiger charge is -2.17. The van der Waals surface area contributed by atoms with Crippen LogP contribution in [-0.2, 0) is 16.1 Å². The number of methoxy groups -OCH3 is 3. The van der Waals surface area contributed by atoms with Gasteiger partial charge in [0.05, 0.1) is 48.8 Å². The quantitative estimate of drug-likeness (QED) is 0.364. The number of nitrogens with zero attached hydrogens (tertiary/aromatic N) is 2. The number of ether oxygens (including phenoxy) is 3. The second-order valence-electron chi connectivity index (χ2n) is 7.80. The van der Waals surface area contributed by atoms with E-state index in [0.29, 0.717) is 45.4 Å². The molecule has 1 aromatic carbocycles. The molecule has 3 aromatic rings. The molecule has 1 amide bonds. The van der Waals surface area contributed by atoms with E-state index in [4.69, 9.17) is 25.8 Å². The highest BCUT2D eigenvalue weighted by Gasteiger charge is 2.27. The molecule has 0 bridgehead atoms. The number of Topliss-reactive ketones (excluding diaryl/α,β-unsaturated/α-hetero) is 1. The van der Waals surface area contributed by atoms with E-state index in [-0.39, 0.29) is 5.56 Å². The highest BCUT2D eigenvalue weighted by Crippen LogP contribution is 2.35. The van der Waals surface area contributed by atoms with Crippen LogP contribution < -0.4 is 20.1 Å². The molecule has 9 nitrogen and oxygen atoms in total. The number of aromatic nitrogens is 2. The number of amides is 1. The van der Waals surface area contributed by atoms with Crippen molar-refractivity contribution in [3.63, 3.8) is 0 Å². The van der Waals surface area contributed by atoms with Gasteiger partial charge in [-0.2, -0.15) is 0 Å². The molecule has 1 unspecified atom stereocenters. The van der Waals surface area contributed by atoms with Crippen molar-refractivity contribution < 1.29 is 23.8 Å². The second kappa shape index (κ2) is 10.2. The Morgan fingerprint density at radius 2 is 2.00 bits per heavy atom. The summed E-state index contributed by atoms with van der Waals surface area (Å²) >= 11 is 6.41. The van der Waals surface area contributed by atoms with Crippen molar-refractivity contribution in [2.75, 3.05) is 21.3 Å². The maximum Gasteiger partial charge on any atom is 0.296 e. The number of benzene rings is 1. The van der Waals surface area contributed by atoms with Crippen LogP contribution in [0.25, 0.3) is 10.9 Å². The van der Waals surface area contributed by atoms with E-state index in [1.807, 2.05) is 16.7 Å². The Morgan fingerprint density at radius 1 is 1.20 bits per heavy atom. The fraction of sp³-hybridized carbons (Fsp3) is 0.240. The van der Waals surface area contributed by atoms with Crippen LogP contribution in [0, 0.1) is 6.92 Å². The molecule has 0 radical (unpaired) electrons. The van der Waals surface area contributed by atoms with Crippen LogP contribution >= 0.6 is 11.6 Å². The maximum absolute atomic E-state index is 13.4. The molecule has 1 aliphatic heterocycles. The van der Waals surface area contributed by atoms with Gasteiger partial charge in [-0.15, -0.1) is 0 Å².